The van der Waals surface area contributed by atoms with Gasteiger partial charge in [0.1, 0.15) is 0 Å². The van der Waals surface area contributed by atoms with E-state index in [1.54, 1.807) is 27.7 Å². The topological polar surface area (TPSA) is 95.7 Å². The van der Waals surface area contributed by atoms with Crippen LogP contribution in [0.3, 0.4) is 0 Å². The Labute approximate surface area is 118 Å². The van der Waals surface area contributed by atoms with Gasteiger partial charge in [-0.25, -0.2) is 0 Å². The van der Waals surface area contributed by atoms with Crippen molar-refractivity contribution in [1.82, 2.24) is 0 Å². The van der Waals surface area contributed by atoms with Gasteiger partial charge in [0.25, 0.3) is 0 Å². The zero-order chi connectivity index (χ0) is 15.9. The molecule has 0 aromatic heterocycles. The van der Waals surface area contributed by atoms with Gasteiger partial charge in [0.2, 0.25) is 11.5 Å². The van der Waals surface area contributed by atoms with Crippen molar-refractivity contribution in [1.29, 1.82) is 0 Å². The van der Waals surface area contributed by atoms with E-state index < -0.39 is 28.3 Å². The average molecular weight is 289 g/mol. The summed E-state index contributed by atoms with van der Waals surface area (Å²) in [5.74, 6) is -1.88. The first kappa shape index (κ1) is 18.3. The largest absolute Gasteiger partial charge is 0.465 e. The number of carbonyl (C=O) groups is 2. The second-order valence-electron chi connectivity index (χ2n) is 5.07. The molecular formula is C13H23NO6. The lowest BCUT2D eigenvalue weighted by atomic mass is 9.78. The third-order valence-corrected chi connectivity index (χ3v) is 3.01. The number of rotatable bonds is 8. The van der Waals surface area contributed by atoms with Crippen molar-refractivity contribution in [2.45, 2.75) is 47.1 Å². The highest BCUT2D eigenvalue weighted by Gasteiger charge is 2.57. The molecule has 1 atom stereocenters. The van der Waals surface area contributed by atoms with Crippen molar-refractivity contribution >= 4 is 11.9 Å². The molecule has 0 heterocycles. The fourth-order valence-electron chi connectivity index (χ4n) is 1.90. The summed E-state index contributed by atoms with van der Waals surface area (Å²) in [6.07, 6.45) is 0.0845. The summed E-state index contributed by atoms with van der Waals surface area (Å²) in [5, 5.41) is 11.3. The molecule has 0 aliphatic carbocycles. The molecule has 7 heteroatoms. The van der Waals surface area contributed by atoms with E-state index in [2.05, 4.69) is 0 Å². The molecule has 1 unspecified atom stereocenters. The SMILES string of the molecule is CCOC(=O)C(C)(C(=O)OCC)C(CC(C)C)[N+](=O)[O-]. The van der Waals surface area contributed by atoms with Gasteiger partial charge in [-0.3, -0.25) is 19.7 Å². The lowest BCUT2D eigenvalue weighted by molar-refractivity contribution is -0.537. The second kappa shape index (κ2) is 7.81. The van der Waals surface area contributed by atoms with E-state index in [0.717, 1.165) is 0 Å². The fraction of sp³-hybridized carbons (Fsp3) is 0.846. The van der Waals surface area contributed by atoms with Gasteiger partial charge < -0.3 is 9.47 Å². The molecular weight excluding hydrogens is 266 g/mol. The molecule has 0 bridgehead atoms. The van der Waals surface area contributed by atoms with Crippen LogP contribution in [0.1, 0.15) is 41.0 Å². The van der Waals surface area contributed by atoms with E-state index in [9.17, 15) is 19.7 Å². The minimum absolute atomic E-state index is 0.0416. The van der Waals surface area contributed by atoms with Crippen LogP contribution in [-0.4, -0.2) is 36.1 Å². The molecule has 0 saturated heterocycles. The summed E-state index contributed by atoms with van der Waals surface area (Å²) < 4.78 is 9.69. The normalized spacial score (nSPS) is 12.9. The number of carbonyl (C=O) groups excluding carboxylic acids is 2. The molecule has 0 fully saturated rings. The molecule has 0 spiro atoms. The quantitative estimate of drug-likeness (QED) is 0.292. The molecule has 0 aliphatic heterocycles. The minimum atomic E-state index is -1.93. The standard InChI is InChI=1S/C13H23NO6/c1-6-19-11(15)13(5,12(16)20-7-2)10(14(17)18)8-9(3)4/h9-10H,6-8H2,1-5H3. The molecule has 20 heavy (non-hydrogen) atoms. The van der Waals surface area contributed by atoms with Crippen LogP contribution in [0, 0.1) is 21.4 Å². The highest BCUT2D eigenvalue weighted by atomic mass is 16.6. The molecule has 0 rings (SSSR count). The summed E-state index contributed by atoms with van der Waals surface area (Å²) in [6.45, 7) is 8.03. The molecule has 0 aromatic rings. The monoisotopic (exact) mass is 289 g/mol. The highest BCUT2D eigenvalue weighted by Crippen LogP contribution is 2.32. The second-order valence-corrected chi connectivity index (χ2v) is 5.07. The number of nitrogens with zero attached hydrogens (tertiary/aromatic N) is 1. The summed E-state index contributed by atoms with van der Waals surface area (Å²) in [4.78, 5) is 34.8. The van der Waals surface area contributed by atoms with Crippen molar-refractivity contribution in [3.63, 3.8) is 0 Å². The van der Waals surface area contributed by atoms with Crippen LogP contribution in [0.4, 0.5) is 0 Å². The molecule has 0 aromatic carbocycles. The van der Waals surface area contributed by atoms with Crippen LogP contribution in [0.25, 0.3) is 0 Å². The van der Waals surface area contributed by atoms with Crippen LogP contribution in [0.2, 0.25) is 0 Å². The van der Waals surface area contributed by atoms with Crippen LogP contribution >= 0.6 is 0 Å². The maximum absolute atomic E-state index is 12.1. The zero-order valence-electron chi connectivity index (χ0n) is 12.7. The van der Waals surface area contributed by atoms with E-state index in [1.807, 2.05) is 0 Å². The predicted octanol–water partition coefficient (Wildman–Crippen LogP) is 1.81. The zero-order valence-corrected chi connectivity index (χ0v) is 12.7. The fourth-order valence-corrected chi connectivity index (χ4v) is 1.90. The maximum atomic E-state index is 12.1. The van der Waals surface area contributed by atoms with E-state index in [-0.39, 0.29) is 25.6 Å². The number of ether oxygens (including phenoxy) is 2. The maximum Gasteiger partial charge on any atom is 0.330 e. The van der Waals surface area contributed by atoms with Gasteiger partial charge in [-0.15, -0.1) is 0 Å². The summed E-state index contributed by atoms with van der Waals surface area (Å²) >= 11 is 0. The van der Waals surface area contributed by atoms with Crippen molar-refractivity contribution in [3.8, 4) is 0 Å². The number of hydrogen-bond donors (Lipinski definition) is 0. The van der Waals surface area contributed by atoms with Crippen LogP contribution in [0.15, 0.2) is 0 Å². The predicted molar refractivity (Wildman–Crippen MR) is 71.6 cm³/mol. The van der Waals surface area contributed by atoms with Gasteiger partial charge in [-0.1, -0.05) is 13.8 Å². The Bertz CT molecular complexity index is 348. The van der Waals surface area contributed by atoms with E-state index >= 15 is 0 Å². The molecule has 0 amide bonds. The van der Waals surface area contributed by atoms with Crippen molar-refractivity contribution in [2.24, 2.45) is 11.3 Å². The summed E-state index contributed by atoms with van der Waals surface area (Å²) in [6, 6.07) is -1.37. The first-order valence-electron chi connectivity index (χ1n) is 6.69. The van der Waals surface area contributed by atoms with E-state index in [4.69, 9.17) is 9.47 Å². The summed E-state index contributed by atoms with van der Waals surface area (Å²) in [5.41, 5.74) is -1.93. The van der Waals surface area contributed by atoms with Crippen LogP contribution in [0.5, 0.6) is 0 Å². The van der Waals surface area contributed by atoms with Gasteiger partial charge >= 0.3 is 11.9 Å². The molecule has 0 radical (unpaired) electrons. The first-order chi connectivity index (χ1) is 9.21. The smallest absolute Gasteiger partial charge is 0.330 e. The van der Waals surface area contributed by atoms with Crippen molar-refractivity contribution in [2.75, 3.05) is 13.2 Å². The average Bonchev–Trinajstić information content (AvgIpc) is 2.35. The Kier molecular flexibility index (Phi) is 7.17. The number of hydrogen-bond acceptors (Lipinski definition) is 6. The van der Waals surface area contributed by atoms with E-state index in [1.165, 1.54) is 6.92 Å². The van der Waals surface area contributed by atoms with Crippen LogP contribution in [-0.2, 0) is 19.1 Å². The molecule has 7 nitrogen and oxygen atoms in total. The Hall–Kier alpha value is -1.66. The Morgan fingerprint density at radius 1 is 1.15 bits per heavy atom. The molecule has 0 N–H and O–H groups in total. The van der Waals surface area contributed by atoms with E-state index in [0.29, 0.717) is 0 Å². The van der Waals surface area contributed by atoms with Crippen molar-refractivity contribution in [3.05, 3.63) is 10.1 Å². The Morgan fingerprint density at radius 2 is 1.55 bits per heavy atom. The molecule has 0 aliphatic rings. The van der Waals surface area contributed by atoms with Crippen molar-refractivity contribution < 1.29 is 24.0 Å². The number of esters is 2. The molecule has 116 valence electrons. The van der Waals surface area contributed by atoms with Crippen LogP contribution < -0.4 is 0 Å². The van der Waals surface area contributed by atoms with Gasteiger partial charge in [0.15, 0.2) is 0 Å². The summed E-state index contributed by atoms with van der Waals surface area (Å²) in [7, 11) is 0. The minimum Gasteiger partial charge on any atom is -0.465 e. The van der Waals surface area contributed by atoms with Gasteiger partial charge in [-0.2, -0.15) is 0 Å². The van der Waals surface area contributed by atoms with Gasteiger partial charge in [0, 0.05) is 11.3 Å². The lowest BCUT2D eigenvalue weighted by Crippen LogP contribution is -2.52. The number of nitro groups is 1. The Morgan fingerprint density at radius 3 is 1.80 bits per heavy atom. The Balaban J connectivity index is 5.61. The first-order valence-corrected chi connectivity index (χ1v) is 6.69. The highest BCUT2D eigenvalue weighted by molar-refractivity contribution is 6.00. The third-order valence-electron chi connectivity index (χ3n) is 3.01. The third kappa shape index (κ3) is 4.18. The van der Waals surface area contributed by atoms with Gasteiger partial charge in [0.05, 0.1) is 13.2 Å². The van der Waals surface area contributed by atoms with Gasteiger partial charge in [-0.05, 0) is 26.7 Å². The lowest BCUT2D eigenvalue weighted by Gasteiger charge is -2.28. The molecule has 0 saturated carbocycles.